The standard InChI is InChI=1S/C41H51FN8O6S/c1-48-33(46-31-22-26(45-25-9-4-5-10-25)21-29(42)37(31)40(48)55)24-57-27-15-19-49(20-16-27)23-35(52)44-18-7-3-2-6-17-43-30-12-8-11-28-36(30)41(56)50(39(28)54)32-13-14-34(51)47-38(32)53/h8,11-12,21-22,25,27,32,43,45H,2-7,9-10,13-20,23-24H2,1H3,(H,44,52)(H,47,51,53). The summed E-state index contributed by atoms with van der Waals surface area (Å²) in [4.78, 5) is 83.9. The Morgan fingerprint density at radius 3 is 2.46 bits per heavy atom. The molecule has 1 unspecified atom stereocenters. The van der Waals surface area contributed by atoms with Crippen molar-refractivity contribution in [3.63, 3.8) is 0 Å². The normalized spacial score (nSPS) is 19.3. The number of hydrogen-bond acceptors (Lipinski definition) is 11. The summed E-state index contributed by atoms with van der Waals surface area (Å²) in [6, 6.07) is 7.56. The lowest BCUT2D eigenvalue weighted by atomic mass is 10.0. The van der Waals surface area contributed by atoms with Crippen molar-refractivity contribution in [2.24, 2.45) is 7.05 Å². The van der Waals surface area contributed by atoms with E-state index in [1.165, 1.54) is 23.5 Å². The molecule has 57 heavy (non-hydrogen) atoms. The van der Waals surface area contributed by atoms with Crippen molar-refractivity contribution in [1.29, 1.82) is 0 Å². The van der Waals surface area contributed by atoms with E-state index in [4.69, 9.17) is 4.98 Å². The molecule has 2 saturated heterocycles. The molecule has 5 amide bonds. The topological polar surface area (TPSA) is 175 Å². The molecule has 16 heteroatoms. The van der Waals surface area contributed by atoms with Crippen molar-refractivity contribution in [2.75, 3.05) is 43.4 Å². The molecule has 4 aliphatic rings. The molecule has 0 bridgehead atoms. The van der Waals surface area contributed by atoms with Crippen molar-refractivity contribution in [3.8, 4) is 0 Å². The monoisotopic (exact) mass is 802 g/mol. The molecule has 14 nitrogen and oxygen atoms in total. The number of aromatic nitrogens is 2. The third-order valence-corrected chi connectivity index (χ3v) is 12.9. The molecule has 0 radical (unpaired) electrons. The van der Waals surface area contributed by atoms with E-state index in [2.05, 4.69) is 26.2 Å². The number of hydrogen-bond donors (Lipinski definition) is 4. The van der Waals surface area contributed by atoms with Gasteiger partial charge < -0.3 is 16.0 Å². The van der Waals surface area contributed by atoms with Gasteiger partial charge in [0.1, 0.15) is 23.1 Å². The minimum Gasteiger partial charge on any atom is -0.384 e. The molecule has 304 valence electrons. The molecule has 0 spiro atoms. The van der Waals surface area contributed by atoms with E-state index in [-0.39, 0.29) is 40.8 Å². The highest BCUT2D eigenvalue weighted by molar-refractivity contribution is 7.99. The van der Waals surface area contributed by atoms with Crippen LogP contribution in [0.3, 0.4) is 0 Å². The Morgan fingerprint density at radius 2 is 1.70 bits per heavy atom. The molecule has 1 saturated carbocycles. The summed E-state index contributed by atoms with van der Waals surface area (Å²) in [5.41, 5.74) is 1.73. The van der Waals surface area contributed by atoms with Crippen LogP contribution in [0.4, 0.5) is 15.8 Å². The second kappa shape index (κ2) is 18.2. The fourth-order valence-corrected chi connectivity index (χ4v) is 9.50. The van der Waals surface area contributed by atoms with Crippen LogP contribution in [0.5, 0.6) is 0 Å². The first-order valence-corrected chi connectivity index (χ1v) is 21.3. The number of piperidine rings is 2. The second-order valence-electron chi connectivity index (χ2n) is 15.5. The van der Waals surface area contributed by atoms with Gasteiger partial charge in [-0.25, -0.2) is 9.37 Å². The number of likely N-dealkylation sites (tertiary alicyclic amines) is 1. The van der Waals surface area contributed by atoms with E-state index in [1.54, 1.807) is 43.1 Å². The number of nitrogens with zero attached hydrogens (tertiary/aromatic N) is 4. The summed E-state index contributed by atoms with van der Waals surface area (Å²) >= 11 is 1.76. The number of carbonyl (C=O) groups excluding carboxylic acids is 5. The number of benzene rings is 2. The van der Waals surface area contributed by atoms with Crippen LogP contribution in [0, 0.1) is 5.82 Å². The van der Waals surface area contributed by atoms with E-state index < -0.39 is 35.5 Å². The van der Waals surface area contributed by atoms with Crippen LogP contribution in [0.2, 0.25) is 0 Å². The molecule has 7 rings (SSSR count). The van der Waals surface area contributed by atoms with Gasteiger partial charge in [0.15, 0.2) is 0 Å². The first kappa shape index (κ1) is 40.4. The van der Waals surface area contributed by atoms with Gasteiger partial charge in [0.25, 0.3) is 17.4 Å². The van der Waals surface area contributed by atoms with Gasteiger partial charge in [-0.05, 0) is 82.3 Å². The Balaban J connectivity index is 0.775. The van der Waals surface area contributed by atoms with Gasteiger partial charge in [0, 0.05) is 49.2 Å². The quantitative estimate of drug-likeness (QED) is 0.120. The van der Waals surface area contributed by atoms with Gasteiger partial charge in [-0.3, -0.25) is 48.5 Å². The summed E-state index contributed by atoms with van der Waals surface area (Å²) < 4.78 is 16.5. The summed E-state index contributed by atoms with van der Waals surface area (Å²) in [7, 11) is 1.65. The lowest BCUT2D eigenvalue weighted by Crippen LogP contribution is -2.54. The van der Waals surface area contributed by atoms with Gasteiger partial charge in [-0.2, -0.15) is 11.8 Å². The Morgan fingerprint density at radius 1 is 0.947 bits per heavy atom. The SMILES string of the molecule is Cn1c(CSC2CCN(CC(=O)NCCCCCCNc3cccc4c3C(=O)N(C3CCC(=O)NC3=O)C4=O)CC2)nc2cc(NC3CCCC3)cc(F)c2c1=O. The second-order valence-corrected chi connectivity index (χ2v) is 16.8. The number of anilines is 2. The third kappa shape index (κ3) is 9.33. The highest BCUT2D eigenvalue weighted by atomic mass is 32.2. The van der Waals surface area contributed by atoms with E-state index >= 15 is 4.39 Å². The molecule has 4 N–H and O–H groups in total. The van der Waals surface area contributed by atoms with Gasteiger partial charge in [0.05, 0.1) is 28.9 Å². The highest BCUT2D eigenvalue weighted by Gasteiger charge is 2.45. The average molecular weight is 803 g/mol. The van der Waals surface area contributed by atoms with Crippen molar-refractivity contribution in [2.45, 2.75) is 100 Å². The van der Waals surface area contributed by atoms with Crippen LogP contribution in [0.15, 0.2) is 35.1 Å². The molecule has 1 atom stereocenters. The number of halogens is 1. The average Bonchev–Trinajstić information content (AvgIpc) is 3.79. The number of rotatable bonds is 16. The molecule has 3 fully saturated rings. The van der Waals surface area contributed by atoms with E-state index in [9.17, 15) is 28.8 Å². The minimum atomic E-state index is -1.00. The number of fused-ring (bicyclic) bond motifs is 2. The molecule has 2 aromatic carbocycles. The first-order valence-electron chi connectivity index (χ1n) is 20.2. The number of thioether (sulfide) groups is 1. The lowest BCUT2D eigenvalue weighted by Gasteiger charge is -2.31. The smallest absolute Gasteiger partial charge is 0.264 e. The Bertz CT molecular complexity index is 2100. The van der Waals surface area contributed by atoms with Crippen molar-refractivity contribution in [1.82, 2.24) is 30.0 Å². The van der Waals surface area contributed by atoms with Crippen LogP contribution >= 0.6 is 11.8 Å². The van der Waals surface area contributed by atoms with Crippen LogP contribution < -0.4 is 26.8 Å². The van der Waals surface area contributed by atoms with Crippen LogP contribution in [-0.4, -0.2) is 98.9 Å². The van der Waals surface area contributed by atoms with Crippen molar-refractivity contribution in [3.05, 3.63) is 63.5 Å². The molecule has 4 heterocycles. The van der Waals surface area contributed by atoms with Crippen LogP contribution in [0.1, 0.15) is 104 Å². The summed E-state index contributed by atoms with van der Waals surface area (Å²) in [6.07, 6.45) is 9.98. The Labute approximate surface area is 335 Å². The maximum atomic E-state index is 15.0. The first-order chi connectivity index (χ1) is 27.6. The maximum absolute atomic E-state index is 15.0. The summed E-state index contributed by atoms with van der Waals surface area (Å²) in [5, 5.41) is 12.3. The Kier molecular flexibility index (Phi) is 12.9. The number of imide groups is 2. The molecular formula is C41H51FN8O6S. The number of carbonyl (C=O) groups is 5. The number of nitrogens with one attached hydrogen (secondary N) is 4. The predicted octanol–water partition coefficient (Wildman–Crippen LogP) is 4.31. The van der Waals surface area contributed by atoms with Crippen molar-refractivity contribution < 1.29 is 28.4 Å². The van der Waals surface area contributed by atoms with Gasteiger partial charge in [0.2, 0.25) is 17.7 Å². The van der Waals surface area contributed by atoms with E-state index in [1.807, 2.05) is 0 Å². The summed E-state index contributed by atoms with van der Waals surface area (Å²) in [5.74, 6) is -1.46. The molecule has 1 aromatic heterocycles. The fraction of sp³-hybridized carbons (Fsp3) is 0.537. The zero-order valence-corrected chi connectivity index (χ0v) is 33.2. The van der Waals surface area contributed by atoms with E-state index in [0.717, 1.165) is 69.4 Å². The fourth-order valence-electron chi connectivity index (χ4n) is 8.31. The number of amides is 5. The molecule has 3 aliphatic heterocycles. The minimum absolute atomic E-state index is 0.00987. The van der Waals surface area contributed by atoms with Crippen LogP contribution in [-0.2, 0) is 27.2 Å². The molecule has 3 aromatic rings. The molecular weight excluding hydrogens is 752 g/mol. The zero-order valence-electron chi connectivity index (χ0n) is 32.4. The summed E-state index contributed by atoms with van der Waals surface area (Å²) in [6.45, 7) is 3.16. The van der Waals surface area contributed by atoms with Gasteiger partial charge >= 0.3 is 0 Å². The highest BCUT2D eigenvalue weighted by Crippen LogP contribution is 2.33. The predicted molar refractivity (Wildman–Crippen MR) is 217 cm³/mol. The van der Waals surface area contributed by atoms with Gasteiger partial charge in [-0.15, -0.1) is 0 Å². The Hall–Kier alpha value is -4.83. The van der Waals surface area contributed by atoms with Crippen molar-refractivity contribution >= 4 is 63.6 Å². The number of unbranched alkanes of at least 4 members (excludes halogenated alkanes) is 3. The van der Waals surface area contributed by atoms with Gasteiger partial charge in [-0.1, -0.05) is 31.7 Å². The third-order valence-electron chi connectivity index (χ3n) is 11.5. The zero-order chi connectivity index (χ0) is 40.1. The maximum Gasteiger partial charge on any atom is 0.264 e. The largest absolute Gasteiger partial charge is 0.384 e. The van der Waals surface area contributed by atoms with Crippen LogP contribution in [0.25, 0.3) is 10.9 Å². The lowest BCUT2D eigenvalue weighted by molar-refractivity contribution is -0.136. The molecule has 1 aliphatic carbocycles. The van der Waals surface area contributed by atoms with E-state index in [0.29, 0.717) is 59.4 Å².